The summed E-state index contributed by atoms with van der Waals surface area (Å²) in [6.45, 7) is 8.90. The molecule has 1 saturated heterocycles. The van der Waals surface area contributed by atoms with Crippen LogP contribution in [0.2, 0.25) is 0 Å². The summed E-state index contributed by atoms with van der Waals surface area (Å²) in [5.74, 6) is 0. The zero-order chi connectivity index (χ0) is 8.81. The quantitative estimate of drug-likeness (QED) is 0.647. The molecule has 0 spiro atoms. The lowest BCUT2D eigenvalue weighted by Crippen LogP contribution is -2.35. The minimum Gasteiger partial charge on any atom is -0.377 e. The lowest BCUT2D eigenvalue weighted by molar-refractivity contribution is 0.0390. The summed E-state index contributed by atoms with van der Waals surface area (Å²) < 4.78 is 5.67. The van der Waals surface area contributed by atoms with Gasteiger partial charge >= 0.3 is 0 Å². The largest absolute Gasteiger partial charge is 0.377 e. The van der Waals surface area contributed by atoms with Crippen molar-refractivity contribution in [3.63, 3.8) is 0 Å². The summed E-state index contributed by atoms with van der Waals surface area (Å²) in [5.41, 5.74) is 1.21. The first-order chi connectivity index (χ1) is 5.79. The molecule has 0 aromatic rings. The Labute approximate surface area is 75.0 Å². The van der Waals surface area contributed by atoms with E-state index < -0.39 is 0 Å². The maximum Gasteiger partial charge on any atom is 0.0700 e. The maximum absolute atomic E-state index is 5.67. The van der Waals surface area contributed by atoms with Crippen LogP contribution in [0.15, 0.2) is 12.2 Å². The van der Waals surface area contributed by atoms with Gasteiger partial charge in [0.15, 0.2) is 0 Å². The molecule has 0 aromatic heterocycles. The Morgan fingerprint density at radius 1 is 1.67 bits per heavy atom. The Hall–Kier alpha value is -0.340. The van der Waals surface area contributed by atoms with E-state index in [4.69, 9.17) is 4.74 Å². The first-order valence-electron chi connectivity index (χ1n) is 4.76. The van der Waals surface area contributed by atoms with Crippen LogP contribution >= 0.6 is 0 Å². The van der Waals surface area contributed by atoms with Crippen LogP contribution in [-0.4, -0.2) is 25.8 Å². The third-order valence-electron chi connectivity index (χ3n) is 2.13. The summed E-state index contributed by atoms with van der Waals surface area (Å²) >= 11 is 0. The van der Waals surface area contributed by atoms with E-state index in [1.54, 1.807) is 0 Å². The molecular formula is C10H19NO. The molecule has 1 aliphatic heterocycles. The van der Waals surface area contributed by atoms with Crippen molar-refractivity contribution < 1.29 is 4.74 Å². The molecule has 0 radical (unpaired) electrons. The van der Waals surface area contributed by atoms with Gasteiger partial charge in [-0.3, -0.25) is 0 Å². The second-order valence-electron chi connectivity index (χ2n) is 3.55. The van der Waals surface area contributed by atoms with Crippen molar-refractivity contribution in [2.45, 2.75) is 32.3 Å². The van der Waals surface area contributed by atoms with Crippen molar-refractivity contribution >= 4 is 0 Å². The number of rotatable bonds is 4. The molecule has 0 saturated carbocycles. The average Bonchev–Trinajstić information content (AvgIpc) is 2.05. The molecule has 70 valence electrons. The van der Waals surface area contributed by atoms with Gasteiger partial charge in [0.1, 0.15) is 0 Å². The van der Waals surface area contributed by atoms with Crippen LogP contribution in [0.5, 0.6) is 0 Å². The highest BCUT2D eigenvalue weighted by Crippen LogP contribution is 2.07. The van der Waals surface area contributed by atoms with Crippen LogP contribution in [0, 0.1) is 0 Å². The fourth-order valence-corrected chi connectivity index (χ4v) is 1.36. The number of hydrogen-bond donors (Lipinski definition) is 1. The molecule has 0 bridgehead atoms. The first kappa shape index (κ1) is 9.75. The summed E-state index contributed by atoms with van der Waals surface area (Å²) in [6, 6.07) is 0. The van der Waals surface area contributed by atoms with Crippen molar-refractivity contribution in [1.82, 2.24) is 5.32 Å². The van der Waals surface area contributed by atoms with Gasteiger partial charge in [0, 0.05) is 6.54 Å². The third kappa shape index (κ3) is 3.88. The van der Waals surface area contributed by atoms with Gasteiger partial charge in [0.05, 0.1) is 12.7 Å². The Kier molecular flexibility index (Phi) is 4.33. The van der Waals surface area contributed by atoms with Crippen LogP contribution in [0.25, 0.3) is 0 Å². The monoisotopic (exact) mass is 169 g/mol. The second kappa shape index (κ2) is 5.33. The summed E-state index contributed by atoms with van der Waals surface area (Å²) in [7, 11) is 0. The van der Waals surface area contributed by atoms with Gasteiger partial charge in [-0.05, 0) is 32.7 Å². The molecule has 0 amide bonds. The lowest BCUT2D eigenvalue weighted by atomic mass is 10.1. The number of piperidine rings is 1. The van der Waals surface area contributed by atoms with Gasteiger partial charge in [-0.25, -0.2) is 0 Å². The van der Waals surface area contributed by atoms with Gasteiger partial charge in [-0.15, -0.1) is 6.58 Å². The van der Waals surface area contributed by atoms with Gasteiger partial charge in [-0.1, -0.05) is 5.57 Å². The highest BCUT2D eigenvalue weighted by Gasteiger charge is 2.12. The van der Waals surface area contributed by atoms with Gasteiger partial charge in [0.25, 0.3) is 0 Å². The van der Waals surface area contributed by atoms with Crippen LogP contribution in [0.3, 0.4) is 0 Å². The molecule has 1 fully saturated rings. The predicted molar refractivity (Wildman–Crippen MR) is 51.3 cm³/mol. The molecule has 12 heavy (non-hydrogen) atoms. The Morgan fingerprint density at radius 3 is 3.08 bits per heavy atom. The molecular weight excluding hydrogens is 150 g/mol. The van der Waals surface area contributed by atoms with E-state index in [-0.39, 0.29) is 0 Å². The van der Waals surface area contributed by atoms with Crippen molar-refractivity contribution in [2.75, 3.05) is 19.7 Å². The number of ether oxygens (including phenoxy) is 1. The fraction of sp³-hybridized carbons (Fsp3) is 0.800. The van der Waals surface area contributed by atoms with Crippen LogP contribution in [0.1, 0.15) is 26.2 Å². The van der Waals surface area contributed by atoms with Crippen molar-refractivity contribution in [2.24, 2.45) is 0 Å². The predicted octanol–water partition coefficient (Wildman–Crippen LogP) is 1.72. The minimum absolute atomic E-state index is 0.443. The van der Waals surface area contributed by atoms with E-state index in [0.29, 0.717) is 6.10 Å². The molecule has 2 heteroatoms. The summed E-state index contributed by atoms with van der Waals surface area (Å²) in [4.78, 5) is 0. The standard InChI is InChI=1S/C10H19NO/c1-9(2)5-7-12-10-4-3-6-11-8-10/h10-11H,1,3-8H2,2H3/t10-/m0/s1. The van der Waals surface area contributed by atoms with Crippen molar-refractivity contribution in [3.8, 4) is 0 Å². The van der Waals surface area contributed by atoms with Gasteiger partial charge in [-0.2, -0.15) is 0 Å². The van der Waals surface area contributed by atoms with Crippen LogP contribution in [0.4, 0.5) is 0 Å². The molecule has 2 nitrogen and oxygen atoms in total. The van der Waals surface area contributed by atoms with Gasteiger partial charge < -0.3 is 10.1 Å². The Bertz CT molecular complexity index is 139. The van der Waals surface area contributed by atoms with E-state index >= 15 is 0 Å². The van der Waals surface area contributed by atoms with Crippen LogP contribution in [-0.2, 0) is 4.74 Å². The third-order valence-corrected chi connectivity index (χ3v) is 2.13. The van der Waals surface area contributed by atoms with E-state index in [0.717, 1.165) is 26.1 Å². The van der Waals surface area contributed by atoms with E-state index in [1.165, 1.54) is 18.4 Å². The highest BCUT2D eigenvalue weighted by molar-refractivity contribution is 4.87. The zero-order valence-electron chi connectivity index (χ0n) is 7.94. The minimum atomic E-state index is 0.443. The van der Waals surface area contributed by atoms with Crippen molar-refractivity contribution in [1.29, 1.82) is 0 Å². The average molecular weight is 169 g/mol. The van der Waals surface area contributed by atoms with E-state index in [9.17, 15) is 0 Å². The fourth-order valence-electron chi connectivity index (χ4n) is 1.36. The molecule has 1 rings (SSSR count). The van der Waals surface area contributed by atoms with Crippen LogP contribution < -0.4 is 5.32 Å². The molecule has 1 heterocycles. The first-order valence-corrected chi connectivity index (χ1v) is 4.76. The molecule has 0 unspecified atom stereocenters. The number of hydrogen-bond acceptors (Lipinski definition) is 2. The number of nitrogens with one attached hydrogen (secondary N) is 1. The molecule has 1 N–H and O–H groups in total. The van der Waals surface area contributed by atoms with E-state index in [1.807, 2.05) is 6.92 Å². The SMILES string of the molecule is C=C(C)CCO[C@H]1CCCNC1. The van der Waals surface area contributed by atoms with Gasteiger partial charge in [0.2, 0.25) is 0 Å². The van der Waals surface area contributed by atoms with Crippen molar-refractivity contribution in [3.05, 3.63) is 12.2 Å². The molecule has 0 aromatic carbocycles. The second-order valence-corrected chi connectivity index (χ2v) is 3.55. The highest BCUT2D eigenvalue weighted by atomic mass is 16.5. The molecule has 0 aliphatic carbocycles. The maximum atomic E-state index is 5.67. The molecule has 1 atom stereocenters. The van der Waals surface area contributed by atoms with E-state index in [2.05, 4.69) is 11.9 Å². The zero-order valence-corrected chi connectivity index (χ0v) is 7.94. The normalized spacial score (nSPS) is 23.9. The smallest absolute Gasteiger partial charge is 0.0700 e. The Morgan fingerprint density at radius 2 is 2.50 bits per heavy atom. The lowest BCUT2D eigenvalue weighted by Gasteiger charge is -2.22. The summed E-state index contributed by atoms with van der Waals surface area (Å²) in [5, 5.41) is 3.33. The Balaban J connectivity index is 2.01. The summed E-state index contributed by atoms with van der Waals surface area (Å²) in [6.07, 6.45) is 3.90. The molecule has 1 aliphatic rings. The topological polar surface area (TPSA) is 21.3 Å².